The summed E-state index contributed by atoms with van der Waals surface area (Å²) in [6.07, 6.45) is 7.00. The molecule has 1 rings (SSSR count). The van der Waals surface area contributed by atoms with Gasteiger partial charge < -0.3 is 9.84 Å². The van der Waals surface area contributed by atoms with E-state index in [9.17, 15) is 14.7 Å². The van der Waals surface area contributed by atoms with Gasteiger partial charge in [0.2, 0.25) is 0 Å². The van der Waals surface area contributed by atoms with E-state index in [1.54, 1.807) is 20.8 Å². The summed E-state index contributed by atoms with van der Waals surface area (Å²) >= 11 is 0. The fourth-order valence-corrected chi connectivity index (χ4v) is 2.71. The zero-order chi connectivity index (χ0) is 17.1. The van der Waals surface area contributed by atoms with Crippen molar-refractivity contribution in [1.82, 2.24) is 4.90 Å². The molecule has 0 fully saturated rings. The first kappa shape index (κ1) is 18.3. The maximum atomic E-state index is 12.2. The molecular formula is C17H27NO4. The van der Waals surface area contributed by atoms with E-state index < -0.39 is 29.1 Å². The highest BCUT2D eigenvalue weighted by molar-refractivity contribution is 5.81. The minimum atomic E-state index is -1.03. The van der Waals surface area contributed by atoms with E-state index >= 15 is 0 Å². The molecule has 5 heteroatoms. The van der Waals surface area contributed by atoms with Gasteiger partial charge in [0.25, 0.3) is 0 Å². The van der Waals surface area contributed by atoms with E-state index in [2.05, 4.69) is 0 Å². The zero-order valence-corrected chi connectivity index (χ0v) is 14.3. The summed E-state index contributed by atoms with van der Waals surface area (Å²) in [6, 6.07) is -0.986. The number of carbonyl (C=O) groups excluding carboxylic acids is 1. The van der Waals surface area contributed by atoms with Crippen LogP contribution in [0, 0.1) is 5.41 Å². The molecule has 0 aliphatic heterocycles. The standard InChI is InChI=1S/C17H27NO4/c1-16(2,3)22-15(21)18(6)13(14(19)20)17(4,5)12-10-8-7-9-11-12/h7-8,10,13H,9,11H2,1-6H3,(H,19,20)/t13-/m1/s1. The van der Waals surface area contributed by atoms with E-state index in [0.29, 0.717) is 0 Å². The Morgan fingerprint density at radius 2 is 1.86 bits per heavy atom. The molecule has 0 radical (unpaired) electrons. The lowest BCUT2D eigenvalue weighted by atomic mass is 9.73. The SMILES string of the molecule is CN(C(=O)OC(C)(C)C)[C@H](C(=O)O)C(C)(C)C1=CC=CCC1. The van der Waals surface area contributed by atoms with Crippen LogP contribution in [0.15, 0.2) is 23.8 Å². The monoisotopic (exact) mass is 309 g/mol. The van der Waals surface area contributed by atoms with Gasteiger partial charge >= 0.3 is 12.1 Å². The van der Waals surface area contributed by atoms with Crippen LogP contribution < -0.4 is 0 Å². The maximum absolute atomic E-state index is 12.2. The first-order chi connectivity index (χ1) is 9.97. The van der Waals surface area contributed by atoms with Crippen molar-refractivity contribution in [2.45, 2.75) is 59.1 Å². The molecule has 0 aromatic carbocycles. The normalized spacial score (nSPS) is 16.7. The van der Waals surface area contributed by atoms with E-state index in [-0.39, 0.29) is 0 Å². The van der Waals surface area contributed by atoms with Crippen molar-refractivity contribution in [2.24, 2.45) is 5.41 Å². The van der Waals surface area contributed by atoms with Gasteiger partial charge in [-0.3, -0.25) is 4.90 Å². The fraction of sp³-hybridized carbons (Fsp3) is 0.647. The topological polar surface area (TPSA) is 66.8 Å². The molecular weight excluding hydrogens is 282 g/mol. The van der Waals surface area contributed by atoms with Gasteiger partial charge in [0.05, 0.1) is 0 Å². The smallest absolute Gasteiger partial charge is 0.410 e. The highest BCUT2D eigenvalue weighted by Gasteiger charge is 2.43. The molecule has 0 aromatic heterocycles. The molecule has 0 heterocycles. The summed E-state index contributed by atoms with van der Waals surface area (Å²) in [7, 11) is 1.48. The third-order valence-electron chi connectivity index (χ3n) is 3.83. The average molecular weight is 309 g/mol. The van der Waals surface area contributed by atoms with Crippen molar-refractivity contribution in [3.05, 3.63) is 23.8 Å². The molecule has 0 spiro atoms. The Labute approximate surface area is 132 Å². The van der Waals surface area contributed by atoms with Crippen LogP contribution in [0.2, 0.25) is 0 Å². The Morgan fingerprint density at radius 3 is 2.27 bits per heavy atom. The van der Waals surface area contributed by atoms with Gasteiger partial charge in [-0.25, -0.2) is 9.59 Å². The van der Waals surface area contributed by atoms with Crippen molar-refractivity contribution < 1.29 is 19.4 Å². The van der Waals surface area contributed by atoms with E-state index in [1.807, 2.05) is 32.1 Å². The number of nitrogens with zero attached hydrogens (tertiary/aromatic N) is 1. The van der Waals surface area contributed by atoms with Crippen LogP contribution in [0.4, 0.5) is 4.79 Å². The molecule has 1 amide bonds. The fourth-order valence-electron chi connectivity index (χ4n) is 2.71. The molecule has 124 valence electrons. The lowest BCUT2D eigenvalue weighted by molar-refractivity contribution is -0.146. The number of carboxylic acid groups (broad SMARTS) is 1. The Kier molecular flexibility index (Phi) is 5.44. The highest BCUT2D eigenvalue weighted by atomic mass is 16.6. The molecule has 0 aromatic rings. The minimum absolute atomic E-state index is 0.625. The third-order valence-corrected chi connectivity index (χ3v) is 3.83. The first-order valence-electron chi connectivity index (χ1n) is 7.51. The van der Waals surface area contributed by atoms with E-state index in [1.165, 1.54) is 11.9 Å². The van der Waals surface area contributed by atoms with Crippen LogP contribution in [-0.2, 0) is 9.53 Å². The van der Waals surface area contributed by atoms with Crippen molar-refractivity contribution >= 4 is 12.1 Å². The number of hydrogen-bond acceptors (Lipinski definition) is 3. The minimum Gasteiger partial charge on any atom is -0.480 e. The highest BCUT2D eigenvalue weighted by Crippen LogP contribution is 2.37. The summed E-state index contributed by atoms with van der Waals surface area (Å²) in [5, 5.41) is 9.66. The van der Waals surface area contributed by atoms with E-state index in [4.69, 9.17) is 4.74 Å². The molecule has 0 bridgehead atoms. The summed E-state index contributed by atoms with van der Waals surface area (Å²) < 4.78 is 5.30. The van der Waals surface area contributed by atoms with Crippen molar-refractivity contribution in [3.63, 3.8) is 0 Å². The number of allylic oxidation sites excluding steroid dienone is 3. The number of ether oxygens (including phenoxy) is 1. The second-order valence-electron chi connectivity index (χ2n) is 7.21. The summed E-state index contributed by atoms with van der Waals surface area (Å²) in [6.45, 7) is 8.99. The van der Waals surface area contributed by atoms with E-state index in [0.717, 1.165) is 18.4 Å². The van der Waals surface area contributed by atoms with Crippen LogP contribution in [0.1, 0.15) is 47.5 Å². The van der Waals surface area contributed by atoms with Gasteiger partial charge in [-0.1, -0.05) is 37.6 Å². The predicted molar refractivity (Wildman–Crippen MR) is 85.7 cm³/mol. The Balaban J connectivity index is 3.07. The number of carboxylic acids is 1. The van der Waals surface area contributed by atoms with Gasteiger partial charge in [-0.15, -0.1) is 0 Å². The largest absolute Gasteiger partial charge is 0.480 e. The number of amides is 1. The van der Waals surface area contributed by atoms with Gasteiger partial charge in [-0.05, 0) is 33.6 Å². The number of hydrogen-bond donors (Lipinski definition) is 1. The van der Waals surface area contributed by atoms with Crippen LogP contribution in [-0.4, -0.2) is 40.8 Å². The molecule has 5 nitrogen and oxygen atoms in total. The Bertz CT molecular complexity index is 497. The Hall–Kier alpha value is -1.78. The second-order valence-corrected chi connectivity index (χ2v) is 7.21. The zero-order valence-electron chi connectivity index (χ0n) is 14.3. The van der Waals surface area contributed by atoms with Crippen molar-refractivity contribution in [1.29, 1.82) is 0 Å². The molecule has 1 aliphatic carbocycles. The van der Waals surface area contributed by atoms with Crippen LogP contribution in [0.5, 0.6) is 0 Å². The molecule has 1 atom stereocenters. The van der Waals surface area contributed by atoms with Crippen molar-refractivity contribution in [2.75, 3.05) is 7.05 Å². The average Bonchev–Trinajstić information content (AvgIpc) is 2.37. The molecule has 0 saturated heterocycles. The Morgan fingerprint density at radius 1 is 1.27 bits per heavy atom. The lowest BCUT2D eigenvalue weighted by Gasteiger charge is -2.40. The van der Waals surface area contributed by atoms with Crippen LogP contribution in [0.25, 0.3) is 0 Å². The number of rotatable bonds is 4. The van der Waals surface area contributed by atoms with Gasteiger partial charge in [0.15, 0.2) is 0 Å². The van der Waals surface area contributed by atoms with Gasteiger partial charge in [0.1, 0.15) is 11.6 Å². The summed E-state index contributed by atoms with van der Waals surface area (Å²) in [5.41, 5.74) is -0.314. The molecule has 1 aliphatic rings. The second kappa shape index (κ2) is 6.55. The van der Waals surface area contributed by atoms with Gasteiger partial charge in [0, 0.05) is 12.5 Å². The molecule has 0 unspecified atom stereocenters. The van der Waals surface area contributed by atoms with Crippen molar-refractivity contribution in [3.8, 4) is 0 Å². The summed E-state index contributed by atoms with van der Waals surface area (Å²) in [4.78, 5) is 25.2. The molecule has 1 N–H and O–H groups in total. The van der Waals surface area contributed by atoms with Gasteiger partial charge in [-0.2, -0.15) is 0 Å². The van der Waals surface area contributed by atoms with Crippen LogP contribution >= 0.6 is 0 Å². The third kappa shape index (κ3) is 4.36. The summed E-state index contributed by atoms with van der Waals surface area (Å²) in [5.74, 6) is -1.03. The quantitative estimate of drug-likeness (QED) is 0.861. The maximum Gasteiger partial charge on any atom is 0.410 e. The molecule has 22 heavy (non-hydrogen) atoms. The lowest BCUT2D eigenvalue weighted by Crippen LogP contribution is -2.53. The predicted octanol–water partition coefficient (Wildman–Crippen LogP) is 3.61. The first-order valence-corrected chi connectivity index (χ1v) is 7.51. The molecule has 0 saturated carbocycles. The van der Waals surface area contributed by atoms with Crippen LogP contribution in [0.3, 0.4) is 0 Å². The number of aliphatic carboxylic acids is 1. The number of carbonyl (C=O) groups is 2. The number of likely N-dealkylation sites (N-methyl/N-ethyl adjacent to an activating group) is 1.